The van der Waals surface area contributed by atoms with Gasteiger partial charge in [0.15, 0.2) is 0 Å². The van der Waals surface area contributed by atoms with Crippen molar-refractivity contribution in [3.63, 3.8) is 0 Å². The van der Waals surface area contributed by atoms with Gasteiger partial charge < -0.3 is 10.2 Å². The highest BCUT2D eigenvalue weighted by Crippen LogP contribution is 2.20. The summed E-state index contributed by atoms with van der Waals surface area (Å²) in [5.41, 5.74) is 0. The summed E-state index contributed by atoms with van der Waals surface area (Å²) in [6.07, 6.45) is 2.39. The minimum absolute atomic E-state index is 0.0144. The van der Waals surface area contributed by atoms with Crippen molar-refractivity contribution < 1.29 is 9.59 Å². The van der Waals surface area contributed by atoms with Crippen molar-refractivity contribution >= 4 is 23.2 Å². The van der Waals surface area contributed by atoms with Crippen LogP contribution in [-0.4, -0.2) is 40.8 Å². The Hall–Kier alpha value is -1.43. The Morgan fingerprint density at radius 2 is 2.39 bits per heavy atom. The fraction of sp³-hybridized carbons (Fsp3) is 0.583. The van der Waals surface area contributed by atoms with E-state index in [1.54, 1.807) is 22.4 Å². The minimum Gasteiger partial charge on any atom is -0.343 e. The van der Waals surface area contributed by atoms with E-state index in [0.717, 1.165) is 5.01 Å². The average molecular weight is 267 g/mol. The highest BCUT2D eigenvalue weighted by Gasteiger charge is 2.32. The van der Waals surface area contributed by atoms with Crippen molar-refractivity contribution in [3.05, 3.63) is 16.6 Å². The van der Waals surface area contributed by atoms with E-state index in [1.807, 2.05) is 19.2 Å². The highest BCUT2D eigenvalue weighted by atomic mass is 32.1. The maximum atomic E-state index is 12.1. The number of hydrogen-bond donors (Lipinski definition) is 1. The van der Waals surface area contributed by atoms with Crippen LogP contribution in [0.3, 0.4) is 0 Å². The standard InChI is InChI=1S/C12H17N3O2S/c1-3-9-12(17)15(7-10(16)14-9)6-8(2)11-13-4-5-18-11/h4-5,8-9H,3,6-7H2,1-2H3,(H,14,16). The van der Waals surface area contributed by atoms with E-state index in [4.69, 9.17) is 0 Å². The number of amides is 2. The normalized spacial score (nSPS) is 21.9. The number of hydrogen-bond acceptors (Lipinski definition) is 4. The molecule has 1 aliphatic rings. The molecule has 2 heterocycles. The Morgan fingerprint density at radius 1 is 1.61 bits per heavy atom. The van der Waals surface area contributed by atoms with E-state index >= 15 is 0 Å². The molecule has 98 valence electrons. The Kier molecular flexibility index (Phi) is 3.96. The first-order chi connectivity index (χ1) is 8.61. The van der Waals surface area contributed by atoms with Crippen LogP contribution in [0.15, 0.2) is 11.6 Å². The van der Waals surface area contributed by atoms with Gasteiger partial charge in [0.2, 0.25) is 11.8 Å². The molecule has 1 N–H and O–H groups in total. The summed E-state index contributed by atoms with van der Waals surface area (Å²) in [7, 11) is 0. The van der Waals surface area contributed by atoms with Crippen LogP contribution in [0.4, 0.5) is 0 Å². The van der Waals surface area contributed by atoms with Crippen LogP contribution >= 0.6 is 11.3 Å². The molecule has 1 aromatic heterocycles. The van der Waals surface area contributed by atoms with Crippen LogP contribution in [-0.2, 0) is 9.59 Å². The lowest BCUT2D eigenvalue weighted by Crippen LogP contribution is -2.58. The molecule has 18 heavy (non-hydrogen) atoms. The van der Waals surface area contributed by atoms with Crippen LogP contribution < -0.4 is 5.32 Å². The Morgan fingerprint density at radius 3 is 3.00 bits per heavy atom. The van der Waals surface area contributed by atoms with Gasteiger partial charge in [0.05, 0.1) is 11.6 Å². The number of nitrogens with zero attached hydrogens (tertiary/aromatic N) is 2. The maximum Gasteiger partial charge on any atom is 0.245 e. The number of rotatable bonds is 4. The quantitative estimate of drug-likeness (QED) is 0.884. The van der Waals surface area contributed by atoms with Gasteiger partial charge >= 0.3 is 0 Å². The molecular weight excluding hydrogens is 250 g/mol. The number of carbonyl (C=O) groups is 2. The van der Waals surface area contributed by atoms with Gasteiger partial charge in [0.25, 0.3) is 0 Å². The fourth-order valence-electron chi connectivity index (χ4n) is 2.09. The van der Waals surface area contributed by atoms with Crippen LogP contribution in [0.1, 0.15) is 31.2 Å². The van der Waals surface area contributed by atoms with E-state index < -0.39 is 0 Å². The van der Waals surface area contributed by atoms with Crippen molar-refractivity contribution in [3.8, 4) is 0 Å². The van der Waals surface area contributed by atoms with Gasteiger partial charge in [-0.25, -0.2) is 4.98 Å². The SMILES string of the molecule is CCC1NC(=O)CN(CC(C)c2nccs2)C1=O. The van der Waals surface area contributed by atoms with Gasteiger partial charge in [0, 0.05) is 24.0 Å². The third kappa shape index (κ3) is 2.69. The predicted molar refractivity (Wildman–Crippen MR) is 69.3 cm³/mol. The van der Waals surface area contributed by atoms with E-state index in [9.17, 15) is 9.59 Å². The maximum absolute atomic E-state index is 12.1. The van der Waals surface area contributed by atoms with Crippen LogP contribution in [0.2, 0.25) is 0 Å². The number of carbonyl (C=O) groups excluding carboxylic acids is 2. The third-order valence-corrected chi connectivity index (χ3v) is 4.06. The molecule has 2 atom stereocenters. The van der Waals surface area contributed by atoms with Gasteiger partial charge in [-0.1, -0.05) is 13.8 Å². The Labute approximate surface area is 110 Å². The summed E-state index contributed by atoms with van der Waals surface area (Å²) >= 11 is 1.58. The molecule has 0 aliphatic carbocycles. The van der Waals surface area contributed by atoms with Crippen LogP contribution in [0.25, 0.3) is 0 Å². The smallest absolute Gasteiger partial charge is 0.245 e. The van der Waals surface area contributed by atoms with Gasteiger partial charge in [-0.05, 0) is 6.42 Å². The highest BCUT2D eigenvalue weighted by molar-refractivity contribution is 7.09. The molecule has 1 aromatic rings. The minimum atomic E-state index is -0.366. The van der Waals surface area contributed by atoms with Crippen molar-refractivity contribution in [1.29, 1.82) is 0 Å². The van der Waals surface area contributed by atoms with Gasteiger partial charge in [-0.2, -0.15) is 0 Å². The molecule has 2 rings (SSSR count). The number of aromatic nitrogens is 1. The predicted octanol–water partition coefficient (Wildman–Crippen LogP) is 0.984. The number of thiazole rings is 1. The number of piperazine rings is 1. The molecular formula is C12H17N3O2S. The lowest BCUT2D eigenvalue weighted by molar-refractivity contribution is -0.144. The van der Waals surface area contributed by atoms with Crippen LogP contribution in [0, 0.1) is 0 Å². The molecule has 0 saturated carbocycles. The molecule has 2 unspecified atom stereocenters. The van der Waals surface area contributed by atoms with Crippen LogP contribution in [0.5, 0.6) is 0 Å². The first-order valence-electron chi connectivity index (χ1n) is 6.09. The lowest BCUT2D eigenvalue weighted by atomic mass is 10.1. The second kappa shape index (κ2) is 5.48. The molecule has 0 bridgehead atoms. The van der Waals surface area contributed by atoms with Gasteiger partial charge in [-0.15, -0.1) is 11.3 Å². The molecule has 0 radical (unpaired) electrons. The number of nitrogens with one attached hydrogen (secondary N) is 1. The molecule has 5 nitrogen and oxygen atoms in total. The van der Waals surface area contributed by atoms with Crippen molar-refractivity contribution in [2.24, 2.45) is 0 Å². The second-order valence-corrected chi connectivity index (χ2v) is 5.44. The zero-order valence-electron chi connectivity index (χ0n) is 10.5. The molecule has 1 fully saturated rings. The molecule has 0 spiro atoms. The monoisotopic (exact) mass is 267 g/mol. The zero-order chi connectivity index (χ0) is 13.1. The summed E-state index contributed by atoms with van der Waals surface area (Å²) < 4.78 is 0. The van der Waals surface area contributed by atoms with Gasteiger partial charge in [-0.3, -0.25) is 9.59 Å². The van der Waals surface area contributed by atoms with Crippen molar-refractivity contribution in [2.75, 3.05) is 13.1 Å². The zero-order valence-corrected chi connectivity index (χ0v) is 11.4. The van der Waals surface area contributed by atoms with E-state index in [2.05, 4.69) is 10.3 Å². The molecule has 1 saturated heterocycles. The van der Waals surface area contributed by atoms with E-state index in [1.165, 1.54) is 0 Å². The lowest BCUT2D eigenvalue weighted by Gasteiger charge is -2.33. The fourth-order valence-corrected chi connectivity index (χ4v) is 2.78. The van der Waals surface area contributed by atoms with Crippen molar-refractivity contribution in [1.82, 2.24) is 15.2 Å². The summed E-state index contributed by atoms with van der Waals surface area (Å²) in [4.78, 5) is 29.5. The Balaban J connectivity index is 2.03. The summed E-state index contributed by atoms with van der Waals surface area (Å²) in [5, 5.41) is 5.63. The molecule has 2 amide bonds. The molecule has 6 heteroatoms. The summed E-state index contributed by atoms with van der Waals surface area (Å²) in [6.45, 7) is 4.64. The summed E-state index contributed by atoms with van der Waals surface area (Å²) in [6, 6.07) is -0.366. The third-order valence-electron chi connectivity index (χ3n) is 3.05. The van der Waals surface area contributed by atoms with E-state index in [0.29, 0.717) is 13.0 Å². The average Bonchev–Trinajstić information content (AvgIpc) is 2.87. The second-order valence-electron chi connectivity index (χ2n) is 4.52. The summed E-state index contributed by atoms with van der Waals surface area (Å²) in [5.74, 6) is 0.102. The Bertz CT molecular complexity index is 433. The van der Waals surface area contributed by atoms with Crippen molar-refractivity contribution in [2.45, 2.75) is 32.2 Å². The van der Waals surface area contributed by atoms with E-state index in [-0.39, 0.29) is 30.3 Å². The first kappa shape index (κ1) is 13.0. The van der Waals surface area contributed by atoms with Gasteiger partial charge in [0.1, 0.15) is 6.04 Å². The molecule has 0 aromatic carbocycles. The first-order valence-corrected chi connectivity index (χ1v) is 6.97. The largest absolute Gasteiger partial charge is 0.343 e. The molecule has 1 aliphatic heterocycles. The topological polar surface area (TPSA) is 62.3 Å².